The number of hydrogen-bond acceptors (Lipinski definition) is 4. The molecule has 2 heterocycles. The number of carbonyl (C=O) groups excluding carboxylic acids is 1. The molecule has 2 N–H and O–H groups in total. The summed E-state index contributed by atoms with van der Waals surface area (Å²) in [5, 5.41) is 6.35. The largest absolute Gasteiger partial charge is 0.383 e. The second-order valence-corrected chi connectivity index (χ2v) is 6.05. The summed E-state index contributed by atoms with van der Waals surface area (Å²) < 4.78 is 5.63. The summed E-state index contributed by atoms with van der Waals surface area (Å²) in [5.41, 5.74) is 2.74. The lowest BCUT2D eigenvalue weighted by Gasteiger charge is -2.15. The predicted molar refractivity (Wildman–Crippen MR) is 95.1 cm³/mol. The third kappa shape index (κ3) is 4.32. The van der Waals surface area contributed by atoms with Crippen LogP contribution in [0.5, 0.6) is 0 Å². The third-order valence-electron chi connectivity index (χ3n) is 4.13. The fraction of sp³-hybridized carbons (Fsp3) is 0.368. The topological polar surface area (TPSA) is 63.2 Å². The van der Waals surface area contributed by atoms with E-state index < -0.39 is 0 Å². The maximum absolute atomic E-state index is 12.3. The van der Waals surface area contributed by atoms with Gasteiger partial charge in [0.1, 0.15) is 6.10 Å². The zero-order valence-corrected chi connectivity index (χ0v) is 13.9. The van der Waals surface area contributed by atoms with E-state index in [1.165, 1.54) is 0 Å². The summed E-state index contributed by atoms with van der Waals surface area (Å²) in [6.07, 6.45) is 4.15. The first-order valence-corrected chi connectivity index (χ1v) is 8.41. The highest BCUT2D eigenvalue weighted by molar-refractivity contribution is 5.97. The van der Waals surface area contributed by atoms with Gasteiger partial charge in [0, 0.05) is 24.9 Å². The molecule has 126 valence electrons. The van der Waals surface area contributed by atoms with Crippen LogP contribution in [0, 0.1) is 0 Å². The van der Waals surface area contributed by atoms with Crippen molar-refractivity contribution < 1.29 is 9.53 Å². The number of ether oxygens (including phenoxy) is 1. The summed E-state index contributed by atoms with van der Waals surface area (Å²) in [5.74, 6) is -0.0710. The zero-order valence-electron chi connectivity index (χ0n) is 13.9. The van der Waals surface area contributed by atoms with Gasteiger partial charge in [-0.3, -0.25) is 9.78 Å². The summed E-state index contributed by atoms with van der Waals surface area (Å²) >= 11 is 0. The van der Waals surface area contributed by atoms with E-state index in [9.17, 15) is 4.79 Å². The van der Waals surface area contributed by atoms with Crippen LogP contribution in [0.1, 0.15) is 25.5 Å². The molecule has 0 aliphatic carbocycles. The van der Waals surface area contributed by atoms with E-state index in [1.54, 1.807) is 6.20 Å². The number of nitrogens with one attached hydrogen (secondary N) is 2. The second kappa shape index (κ2) is 7.93. The average Bonchev–Trinajstić information content (AvgIpc) is 3.04. The van der Waals surface area contributed by atoms with Crippen LogP contribution < -0.4 is 10.6 Å². The molecule has 1 aliphatic rings. The van der Waals surface area contributed by atoms with E-state index >= 15 is 0 Å². The zero-order chi connectivity index (χ0) is 16.8. The Morgan fingerprint density at radius 1 is 1.17 bits per heavy atom. The minimum absolute atomic E-state index is 0.0710. The van der Waals surface area contributed by atoms with Crippen molar-refractivity contribution in [3.05, 3.63) is 54.4 Å². The van der Waals surface area contributed by atoms with Gasteiger partial charge in [-0.05, 0) is 44.0 Å². The Hall–Kier alpha value is -2.40. The Labute approximate surface area is 142 Å². The fourth-order valence-electron chi connectivity index (χ4n) is 2.83. The second-order valence-electron chi connectivity index (χ2n) is 6.05. The average molecular weight is 325 g/mol. The molecular formula is C19H23N3O2. The van der Waals surface area contributed by atoms with Gasteiger partial charge in [0.2, 0.25) is 0 Å². The molecule has 1 aromatic carbocycles. The molecule has 1 fully saturated rings. The van der Waals surface area contributed by atoms with Crippen molar-refractivity contribution in [1.82, 2.24) is 4.98 Å². The van der Waals surface area contributed by atoms with Gasteiger partial charge in [0.05, 0.1) is 17.5 Å². The number of nitrogens with zero attached hydrogens (tertiary/aromatic N) is 1. The van der Waals surface area contributed by atoms with E-state index in [0.29, 0.717) is 0 Å². The van der Waals surface area contributed by atoms with Crippen molar-refractivity contribution in [2.45, 2.75) is 38.4 Å². The monoisotopic (exact) mass is 325 g/mol. The molecule has 1 aromatic heterocycles. The highest BCUT2D eigenvalue weighted by Crippen LogP contribution is 2.24. The van der Waals surface area contributed by atoms with Gasteiger partial charge in [-0.25, -0.2) is 0 Å². The van der Waals surface area contributed by atoms with Gasteiger partial charge in [-0.15, -0.1) is 0 Å². The molecule has 0 bridgehead atoms. The number of carbonyl (C=O) groups is 1. The van der Waals surface area contributed by atoms with Gasteiger partial charge in [-0.1, -0.05) is 18.2 Å². The SMILES string of the molecule is C[C@@H]1CC[C@@H](C(=O)Nc2ccccc2NCCc2ccccn2)O1. The Balaban J connectivity index is 1.57. The van der Waals surface area contributed by atoms with Crippen LogP contribution in [-0.2, 0) is 16.0 Å². The molecule has 0 radical (unpaired) electrons. The number of anilines is 2. The molecule has 3 rings (SSSR count). The molecule has 0 spiro atoms. The first kappa shape index (κ1) is 16.5. The molecule has 1 amide bonds. The number of aromatic nitrogens is 1. The summed E-state index contributed by atoms with van der Waals surface area (Å²) in [7, 11) is 0. The van der Waals surface area contributed by atoms with E-state index in [4.69, 9.17) is 4.74 Å². The Kier molecular flexibility index (Phi) is 5.43. The molecule has 2 atom stereocenters. The number of para-hydroxylation sites is 2. The Morgan fingerprint density at radius 3 is 2.67 bits per heavy atom. The van der Waals surface area contributed by atoms with E-state index in [2.05, 4.69) is 15.6 Å². The molecule has 5 heteroatoms. The molecule has 0 saturated carbocycles. The maximum atomic E-state index is 12.3. The lowest BCUT2D eigenvalue weighted by Crippen LogP contribution is -2.28. The molecule has 2 aromatic rings. The Bertz CT molecular complexity index is 675. The highest BCUT2D eigenvalue weighted by atomic mass is 16.5. The molecule has 24 heavy (non-hydrogen) atoms. The van der Waals surface area contributed by atoms with Crippen LogP contribution in [0.25, 0.3) is 0 Å². The first-order chi connectivity index (χ1) is 11.7. The predicted octanol–water partition coefficient (Wildman–Crippen LogP) is 3.24. The smallest absolute Gasteiger partial charge is 0.253 e. The Morgan fingerprint density at radius 2 is 1.96 bits per heavy atom. The highest BCUT2D eigenvalue weighted by Gasteiger charge is 2.28. The van der Waals surface area contributed by atoms with Crippen molar-refractivity contribution in [1.29, 1.82) is 0 Å². The van der Waals surface area contributed by atoms with Gasteiger partial charge >= 0.3 is 0 Å². The van der Waals surface area contributed by atoms with Crippen molar-refractivity contribution in [3.63, 3.8) is 0 Å². The number of amides is 1. The summed E-state index contributed by atoms with van der Waals surface area (Å²) in [4.78, 5) is 16.6. The minimum Gasteiger partial charge on any atom is -0.383 e. The first-order valence-electron chi connectivity index (χ1n) is 8.41. The summed E-state index contributed by atoms with van der Waals surface area (Å²) in [6, 6.07) is 13.6. The van der Waals surface area contributed by atoms with Gasteiger partial charge in [-0.2, -0.15) is 0 Å². The van der Waals surface area contributed by atoms with Crippen molar-refractivity contribution in [2.24, 2.45) is 0 Å². The van der Waals surface area contributed by atoms with Crippen LogP contribution in [-0.4, -0.2) is 29.6 Å². The van der Waals surface area contributed by atoms with Crippen LogP contribution in [0.15, 0.2) is 48.7 Å². The quantitative estimate of drug-likeness (QED) is 0.856. The van der Waals surface area contributed by atoms with Crippen molar-refractivity contribution >= 4 is 17.3 Å². The maximum Gasteiger partial charge on any atom is 0.253 e. The third-order valence-corrected chi connectivity index (χ3v) is 4.13. The van der Waals surface area contributed by atoms with Crippen molar-refractivity contribution in [3.8, 4) is 0 Å². The molecule has 1 aliphatic heterocycles. The van der Waals surface area contributed by atoms with E-state index in [1.807, 2.05) is 49.4 Å². The van der Waals surface area contributed by atoms with Crippen LogP contribution in [0.4, 0.5) is 11.4 Å². The van der Waals surface area contributed by atoms with Crippen LogP contribution in [0.2, 0.25) is 0 Å². The number of hydrogen-bond donors (Lipinski definition) is 2. The number of rotatable bonds is 6. The van der Waals surface area contributed by atoms with Crippen LogP contribution in [0.3, 0.4) is 0 Å². The van der Waals surface area contributed by atoms with Crippen LogP contribution >= 0.6 is 0 Å². The van der Waals surface area contributed by atoms with Gasteiger partial charge in [0.25, 0.3) is 5.91 Å². The lowest BCUT2D eigenvalue weighted by atomic mass is 10.2. The standard InChI is InChI=1S/C19H23N3O2/c1-14-9-10-18(24-14)19(23)22-17-8-3-2-7-16(17)21-13-11-15-6-4-5-12-20-15/h2-8,12,14,18,21H,9-11,13H2,1H3,(H,22,23)/t14-,18+/m1/s1. The fourth-order valence-corrected chi connectivity index (χ4v) is 2.83. The lowest BCUT2D eigenvalue weighted by molar-refractivity contribution is -0.126. The van der Waals surface area contributed by atoms with Gasteiger partial charge in [0.15, 0.2) is 0 Å². The molecule has 5 nitrogen and oxygen atoms in total. The van der Waals surface area contributed by atoms with E-state index in [-0.39, 0.29) is 18.1 Å². The minimum atomic E-state index is -0.346. The van der Waals surface area contributed by atoms with Gasteiger partial charge < -0.3 is 15.4 Å². The number of benzene rings is 1. The molecule has 1 saturated heterocycles. The summed E-state index contributed by atoms with van der Waals surface area (Å²) in [6.45, 7) is 2.75. The van der Waals surface area contributed by atoms with E-state index in [0.717, 1.165) is 42.9 Å². The molecular weight excluding hydrogens is 302 g/mol. The molecule has 0 unspecified atom stereocenters. The normalized spacial score (nSPS) is 19.9. The number of pyridine rings is 1. The van der Waals surface area contributed by atoms with Crippen molar-refractivity contribution in [2.75, 3.05) is 17.2 Å².